The van der Waals surface area contributed by atoms with Gasteiger partial charge < -0.3 is 10.1 Å². The van der Waals surface area contributed by atoms with Crippen molar-refractivity contribution in [1.82, 2.24) is 19.9 Å². The van der Waals surface area contributed by atoms with Crippen LogP contribution in [-0.4, -0.2) is 34.2 Å². The van der Waals surface area contributed by atoms with Crippen LogP contribution in [0.2, 0.25) is 5.02 Å². The third kappa shape index (κ3) is 2.89. The van der Waals surface area contributed by atoms with Gasteiger partial charge in [0.15, 0.2) is 5.65 Å². The molecule has 4 rings (SSSR count). The molecule has 134 valence electrons. The van der Waals surface area contributed by atoms with E-state index in [1.54, 1.807) is 19.2 Å². The summed E-state index contributed by atoms with van der Waals surface area (Å²) < 4.78 is 6.68. The molecule has 2 aromatic heterocycles. The third-order valence-electron chi connectivity index (χ3n) is 4.53. The molecule has 2 N–H and O–H groups in total. The first-order valence-corrected chi connectivity index (χ1v) is 8.60. The Kier molecular flexibility index (Phi) is 4.26. The zero-order valence-electron chi connectivity index (χ0n) is 14.1. The molecule has 1 aliphatic heterocycles. The summed E-state index contributed by atoms with van der Waals surface area (Å²) in [7, 11) is 1.59. The molecule has 0 unspecified atom stereocenters. The van der Waals surface area contributed by atoms with Crippen LogP contribution < -0.4 is 10.9 Å². The molecule has 1 saturated heterocycles. The number of nitrogens with one attached hydrogen (secondary N) is 2. The lowest BCUT2D eigenvalue weighted by atomic mass is 10.0. The molecule has 1 aliphatic rings. The Labute approximate surface area is 153 Å². The van der Waals surface area contributed by atoms with E-state index in [9.17, 15) is 9.59 Å². The fourth-order valence-electron chi connectivity index (χ4n) is 3.29. The number of hydrogen-bond acceptors (Lipinski definition) is 4. The molecule has 7 nitrogen and oxygen atoms in total. The molecule has 0 aliphatic carbocycles. The number of fused-ring (bicyclic) bond motifs is 1. The van der Waals surface area contributed by atoms with Gasteiger partial charge in [-0.05, 0) is 17.7 Å². The number of hydrogen-bond donors (Lipinski definition) is 2. The summed E-state index contributed by atoms with van der Waals surface area (Å²) in [4.78, 5) is 28.9. The lowest BCUT2D eigenvalue weighted by Gasteiger charge is -2.07. The van der Waals surface area contributed by atoms with Crippen molar-refractivity contribution in [2.75, 3.05) is 13.7 Å². The number of nitrogens with zero attached hydrogens (tertiary/aromatic N) is 2. The SMILES string of the molecule is COCc1[nH]n2c(=O)cc([C@@H]3CNC(=O)C3)nc2c1-c1ccc(Cl)cc1. The molecule has 3 heterocycles. The Morgan fingerprint density at radius 2 is 2.08 bits per heavy atom. The highest BCUT2D eigenvalue weighted by Crippen LogP contribution is 2.30. The topological polar surface area (TPSA) is 88.5 Å². The molecule has 3 aromatic rings. The van der Waals surface area contributed by atoms with Gasteiger partial charge in [0.05, 0.1) is 18.0 Å². The van der Waals surface area contributed by atoms with Crippen LogP contribution in [0, 0.1) is 0 Å². The zero-order valence-corrected chi connectivity index (χ0v) is 14.8. The third-order valence-corrected chi connectivity index (χ3v) is 4.78. The second kappa shape index (κ2) is 6.59. The van der Waals surface area contributed by atoms with Gasteiger partial charge in [-0.2, -0.15) is 0 Å². The molecule has 1 aromatic carbocycles. The summed E-state index contributed by atoms with van der Waals surface area (Å²) in [5.41, 5.74) is 3.33. The number of aromatic nitrogens is 3. The largest absolute Gasteiger partial charge is 0.378 e. The minimum atomic E-state index is -0.220. The lowest BCUT2D eigenvalue weighted by Crippen LogP contribution is -2.18. The molecule has 0 spiro atoms. The number of carbonyl (C=O) groups excluding carboxylic acids is 1. The van der Waals surface area contributed by atoms with E-state index in [4.69, 9.17) is 21.3 Å². The highest BCUT2D eigenvalue weighted by Gasteiger charge is 2.26. The monoisotopic (exact) mass is 372 g/mol. The molecule has 1 atom stereocenters. The van der Waals surface area contributed by atoms with E-state index in [0.717, 1.165) is 16.8 Å². The van der Waals surface area contributed by atoms with Crippen LogP contribution in [-0.2, 0) is 16.1 Å². The van der Waals surface area contributed by atoms with Crippen molar-refractivity contribution in [2.45, 2.75) is 18.9 Å². The first-order valence-electron chi connectivity index (χ1n) is 8.23. The number of methoxy groups -OCH3 is 1. The lowest BCUT2D eigenvalue weighted by molar-refractivity contribution is -0.119. The van der Waals surface area contributed by atoms with Crippen LogP contribution in [0.15, 0.2) is 35.1 Å². The van der Waals surface area contributed by atoms with Gasteiger partial charge in [-0.25, -0.2) is 9.50 Å². The standard InChI is InChI=1S/C18H17ClN4O3/c1-26-9-14-17(10-2-4-12(19)5-3-10)18-21-13(7-16(25)23(18)22-14)11-6-15(24)20-8-11/h2-5,7,11,22H,6,8-9H2,1H3,(H,20,24)/t11-/m0/s1. The molecule has 0 radical (unpaired) electrons. The van der Waals surface area contributed by atoms with Crippen LogP contribution in [0.5, 0.6) is 0 Å². The highest BCUT2D eigenvalue weighted by molar-refractivity contribution is 6.30. The molecular formula is C18H17ClN4O3. The summed E-state index contributed by atoms with van der Waals surface area (Å²) in [5, 5.41) is 6.49. The number of halogens is 1. The van der Waals surface area contributed by atoms with Crippen molar-refractivity contribution in [1.29, 1.82) is 0 Å². The fraction of sp³-hybridized carbons (Fsp3) is 0.278. The number of carbonyl (C=O) groups is 1. The Morgan fingerprint density at radius 3 is 2.73 bits per heavy atom. The van der Waals surface area contributed by atoms with Gasteiger partial charge in [-0.15, -0.1) is 0 Å². The summed E-state index contributed by atoms with van der Waals surface area (Å²) in [6, 6.07) is 8.82. The van der Waals surface area contributed by atoms with Crippen molar-refractivity contribution in [2.24, 2.45) is 0 Å². The van der Waals surface area contributed by atoms with Crippen LogP contribution in [0.3, 0.4) is 0 Å². The average molecular weight is 373 g/mol. The predicted molar refractivity (Wildman–Crippen MR) is 97.3 cm³/mol. The van der Waals surface area contributed by atoms with Gasteiger partial charge in [-0.1, -0.05) is 23.7 Å². The second-order valence-electron chi connectivity index (χ2n) is 6.29. The smallest absolute Gasteiger partial charge is 0.272 e. The van der Waals surface area contributed by atoms with Crippen LogP contribution in [0.4, 0.5) is 0 Å². The number of amides is 1. The molecule has 1 fully saturated rings. The number of H-pyrrole nitrogens is 1. The normalized spacial score (nSPS) is 17.0. The van der Waals surface area contributed by atoms with Gasteiger partial charge in [-0.3, -0.25) is 14.7 Å². The Morgan fingerprint density at radius 1 is 1.31 bits per heavy atom. The zero-order chi connectivity index (χ0) is 18.3. The van der Waals surface area contributed by atoms with E-state index in [-0.39, 0.29) is 17.4 Å². The summed E-state index contributed by atoms with van der Waals surface area (Å²) in [5.74, 6) is -0.122. The molecule has 26 heavy (non-hydrogen) atoms. The number of benzene rings is 1. The van der Waals surface area contributed by atoms with Gasteiger partial charge >= 0.3 is 0 Å². The van der Waals surface area contributed by atoms with E-state index >= 15 is 0 Å². The van der Waals surface area contributed by atoms with E-state index in [0.29, 0.717) is 35.9 Å². The van der Waals surface area contributed by atoms with Crippen LogP contribution in [0.25, 0.3) is 16.8 Å². The van der Waals surface area contributed by atoms with E-state index < -0.39 is 0 Å². The summed E-state index contributed by atoms with van der Waals surface area (Å²) >= 11 is 6.00. The van der Waals surface area contributed by atoms with Crippen LogP contribution in [0.1, 0.15) is 23.7 Å². The summed E-state index contributed by atoms with van der Waals surface area (Å²) in [6.45, 7) is 0.798. The Bertz CT molecular complexity index is 1040. The van der Waals surface area contributed by atoms with Crippen LogP contribution >= 0.6 is 11.6 Å². The number of rotatable bonds is 4. The molecule has 0 bridgehead atoms. The number of aromatic amines is 1. The van der Waals surface area contributed by atoms with Gasteiger partial charge in [0.2, 0.25) is 5.91 Å². The van der Waals surface area contributed by atoms with E-state index in [1.165, 1.54) is 10.6 Å². The molecular weight excluding hydrogens is 356 g/mol. The molecule has 0 saturated carbocycles. The van der Waals surface area contributed by atoms with E-state index in [2.05, 4.69) is 10.4 Å². The van der Waals surface area contributed by atoms with Gasteiger partial charge in [0.25, 0.3) is 5.56 Å². The number of ether oxygens (including phenoxy) is 1. The maximum absolute atomic E-state index is 12.6. The predicted octanol–water partition coefficient (Wildman–Crippen LogP) is 2.09. The van der Waals surface area contributed by atoms with Crippen molar-refractivity contribution in [3.8, 4) is 11.1 Å². The summed E-state index contributed by atoms with van der Waals surface area (Å²) in [6.07, 6.45) is 0.342. The van der Waals surface area contributed by atoms with Crippen molar-refractivity contribution in [3.05, 3.63) is 57.1 Å². The fourth-order valence-corrected chi connectivity index (χ4v) is 3.42. The highest BCUT2D eigenvalue weighted by atomic mass is 35.5. The van der Waals surface area contributed by atoms with E-state index in [1.807, 2.05) is 12.1 Å². The van der Waals surface area contributed by atoms with Crippen molar-refractivity contribution >= 4 is 23.2 Å². The average Bonchev–Trinajstić information content (AvgIpc) is 3.20. The quantitative estimate of drug-likeness (QED) is 0.734. The Hall–Kier alpha value is -2.64. The minimum absolute atomic E-state index is 0.0240. The Balaban J connectivity index is 1.93. The minimum Gasteiger partial charge on any atom is -0.378 e. The second-order valence-corrected chi connectivity index (χ2v) is 6.73. The molecule has 1 amide bonds. The first-order chi connectivity index (χ1) is 12.6. The van der Waals surface area contributed by atoms with Gasteiger partial charge in [0.1, 0.15) is 0 Å². The molecule has 8 heteroatoms. The van der Waals surface area contributed by atoms with Crippen molar-refractivity contribution < 1.29 is 9.53 Å². The first kappa shape index (κ1) is 16.8. The maximum atomic E-state index is 12.6. The van der Waals surface area contributed by atoms with Crippen molar-refractivity contribution in [3.63, 3.8) is 0 Å². The maximum Gasteiger partial charge on any atom is 0.272 e. The van der Waals surface area contributed by atoms with Gasteiger partial charge in [0, 0.05) is 42.6 Å².